The fourth-order valence-electron chi connectivity index (χ4n) is 0.852. The quantitative estimate of drug-likeness (QED) is 0.553. The van der Waals surface area contributed by atoms with Crippen LogP contribution in [0.25, 0.3) is 0 Å². The standard InChI is InChI=1S/C8H10O.C2H6/c1-3-7-5-6-9-8(7)4-2;1-2/h3-8H,1-2H2;1-2H3. The van der Waals surface area contributed by atoms with Crippen molar-refractivity contribution in [2.45, 2.75) is 20.0 Å². The van der Waals surface area contributed by atoms with Crippen molar-refractivity contribution in [1.29, 1.82) is 0 Å². The zero-order chi connectivity index (χ0) is 8.69. The van der Waals surface area contributed by atoms with Crippen molar-refractivity contribution in [3.05, 3.63) is 37.6 Å². The molecule has 0 N–H and O–H groups in total. The first kappa shape index (κ1) is 10.0. The van der Waals surface area contributed by atoms with E-state index in [-0.39, 0.29) is 6.10 Å². The van der Waals surface area contributed by atoms with E-state index in [0.717, 1.165) is 0 Å². The van der Waals surface area contributed by atoms with Crippen molar-refractivity contribution < 1.29 is 4.74 Å². The van der Waals surface area contributed by atoms with Gasteiger partial charge in [0.25, 0.3) is 0 Å². The molecule has 1 aliphatic rings. The molecule has 2 unspecified atom stereocenters. The fourth-order valence-corrected chi connectivity index (χ4v) is 0.852. The number of hydrogen-bond acceptors (Lipinski definition) is 1. The Morgan fingerprint density at radius 3 is 2.27 bits per heavy atom. The van der Waals surface area contributed by atoms with Gasteiger partial charge < -0.3 is 4.74 Å². The van der Waals surface area contributed by atoms with E-state index in [9.17, 15) is 0 Å². The van der Waals surface area contributed by atoms with Crippen molar-refractivity contribution in [1.82, 2.24) is 0 Å². The van der Waals surface area contributed by atoms with Gasteiger partial charge in [0.2, 0.25) is 0 Å². The highest BCUT2D eigenvalue weighted by atomic mass is 16.5. The van der Waals surface area contributed by atoms with Crippen LogP contribution in [0, 0.1) is 5.92 Å². The lowest BCUT2D eigenvalue weighted by molar-refractivity contribution is 0.194. The van der Waals surface area contributed by atoms with Crippen LogP contribution in [0.15, 0.2) is 37.6 Å². The minimum absolute atomic E-state index is 0.113. The minimum atomic E-state index is 0.113. The Bertz CT molecular complexity index is 147. The van der Waals surface area contributed by atoms with Gasteiger partial charge >= 0.3 is 0 Å². The molecular formula is C10H16O. The van der Waals surface area contributed by atoms with Crippen LogP contribution in [0.4, 0.5) is 0 Å². The number of ether oxygens (including phenoxy) is 1. The SMILES string of the molecule is C=CC1C=COC1C=C.CC. The summed E-state index contributed by atoms with van der Waals surface area (Å²) in [4.78, 5) is 0. The molecule has 1 nitrogen and oxygen atoms in total. The van der Waals surface area contributed by atoms with E-state index >= 15 is 0 Å². The third-order valence-corrected chi connectivity index (χ3v) is 1.42. The zero-order valence-corrected chi connectivity index (χ0v) is 7.29. The highest BCUT2D eigenvalue weighted by Gasteiger charge is 2.17. The first-order valence-corrected chi connectivity index (χ1v) is 3.95. The molecule has 0 fully saturated rings. The highest BCUT2D eigenvalue weighted by Crippen LogP contribution is 2.18. The Morgan fingerprint density at radius 1 is 1.27 bits per heavy atom. The summed E-state index contributed by atoms with van der Waals surface area (Å²) < 4.78 is 5.14. The van der Waals surface area contributed by atoms with Crippen LogP contribution in [0.5, 0.6) is 0 Å². The summed E-state index contributed by atoms with van der Waals surface area (Å²) in [5, 5.41) is 0. The molecule has 0 aromatic carbocycles. The Morgan fingerprint density at radius 2 is 1.91 bits per heavy atom. The summed E-state index contributed by atoms with van der Waals surface area (Å²) in [7, 11) is 0. The normalized spacial score (nSPS) is 26.4. The molecule has 0 radical (unpaired) electrons. The molecule has 0 bridgehead atoms. The second kappa shape index (κ2) is 5.78. The predicted molar refractivity (Wildman–Crippen MR) is 49.2 cm³/mol. The third-order valence-electron chi connectivity index (χ3n) is 1.42. The van der Waals surface area contributed by atoms with Crippen LogP contribution in [0.1, 0.15) is 13.8 Å². The van der Waals surface area contributed by atoms with Crippen LogP contribution in [-0.2, 0) is 4.74 Å². The predicted octanol–water partition coefficient (Wildman–Crippen LogP) is 2.91. The van der Waals surface area contributed by atoms with Gasteiger partial charge in [0.05, 0.1) is 6.26 Å². The van der Waals surface area contributed by atoms with Gasteiger partial charge in [0, 0.05) is 5.92 Å². The molecule has 1 heterocycles. The largest absolute Gasteiger partial charge is 0.493 e. The number of rotatable bonds is 2. The first-order chi connectivity index (χ1) is 5.38. The van der Waals surface area contributed by atoms with Crippen LogP contribution in [0.2, 0.25) is 0 Å². The van der Waals surface area contributed by atoms with Crippen LogP contribution in [-0.4, -0.2) is 6.10 Å². The Labute approximate surface area is 69.1 Å². The summed E-state index contributed by atoms with van der Waals surface area (Å²) in [5.74, 6) is 0.322. The highest BCUT2D eigenvalue weighted by molar-refractivity contribution is 5.08. The van der Waals surface area contributed by atoms with E-state index in [0.29, 0.717) is 5.92 Å². The third kappa shape index (κ3) is 2.62. The van der Waals surface area contributed by atoms with E-state index in [1.54, 1.807) is 12.3 Å². The molecule has 0 amide bonds. The molecular weight excluding hydrogens is 136 g/mol. The summed E-state index contributed by atoms with van der Waals surface area (Å²) in [5.41, 5.74) is 0. The van der Waals surface area contributed by atoms with E-state index in [2.05, 4.69) is 13.2 Å². The average molecular weight is 152 g/mol. The maximum atomic E-state index is 5.14. The van der Waals surface area contributed by atoms with Crippen LogP contribution in [0.3, 0.4) is 0 Å². The molecule has 62 valence electrons. The van der Waals surface area contributed by atoms with Gasteiger partial charge in [-0.3, -0.25) is 0 Å². The van der Waals surface area contributed by atoms with Crippen LogP contribution >= 0.6 is 0 Å². The lowest BCUT2D eigenvalue weighted by atomic mass is 10.1. The molecule has 0 spiro atoms. The summed E-state index contributed by atoms with van der Waals surface area (Å²) in [6.07, 6.45) is 7.42. The summed E-state index contributed by atoms with van der Waals surface area (Å²) in [6.45, 7) is 11.3. The van der Waals surface area contributed by atoms with Crippen molar-refractivity contribution in [3.63, 3.8) is 0 Å². The Balaban J connectivity index is 0.000000461. The fraction of sp³-hybridized carbons (Fsp3) is 0.400. The lowest BCUT2D eigenvalue weighted by Crippen LogP contribution is -2.09. The van der Waals surface area contributed by atoms with E-state index in [1.165, 1.54) is 0 Å². The second-order valence-corrected chi connectivity index (χ2v) is 1.98. The smallest absolute Gasteiger partial charge is 0.125 e. The van der Waals surface area contributed by atoms with Gasteiger partial charge in [-0.25, -0.2) is 0 Å². The lowest BCUT2D eigenvalue weighted by Gasteiger charge is -2.08. The molecule has 2 atom stereocenters. The van der Waals surface area contributed by atoms with Gasteiger partial charge in [-0.05, 0) is 6.08 Å². The van der Waals surface area contributed by atoms with Gasteiger partial charge in [-0.2, -0.15) is 0 Å². The van der Waals surface area contributed by atoms with Crippen molar-refractivity contribution in [2.75, 3.05) is 0 Å². The molecule has 1 aliphatic heterocycles. The second-order valence-electron chi connectivity index (χ2n) is 1.98. The minimum Gasteiger partial charge on any atom is -0.493 e. The average Bonchev–Trinajstić information content (AvgIpc) is 2.54. The first-order valence-electron chi connectivity index (χ1n) is 3.95. The molecule has 1 rings (SSSR count). The van der Waals surface area contributed by atoms with Crippen molar-refractivity contribution >= 4 is 0 Å². The van der Waals surface area contributed by atoms with Gasteiger partial charge in [0.15, 0.2) is 0 Å². The Kier molecular flexibility index (Phi) is 5.26. The molecule has 0 saturated carbocycles. The van der Waals surface area contributed by atoms with E-state index < -0.39 is 0 Å². The summed E-state index contributed by atoms with van der Waals surface area (Å²) in [6, 6.07) is 0. The van der Waals surface area contributed by atoms with Gasteiger partial charge in [0.1, 0.15) is 6.10 Å². The maximum absolute atomic E-state index is 5.14. The molecule has 0 aromatic heterocycles. The zero-order valence-electron chi connectivity index (χ0n) is 7.29. The van der Waals surface area contributed by atoms with Gasteiger partial charge in [-0.1, -0.05) is 32.6 Å². The Hall–Kier alpha value is -0.980. The molecule has 11 heavy (non-hydrogen) atoms. The molecule has 0 saturated heterocycles. The van der Waals surface area contributed by atoms with Crippen molar-refractivity contribution in [2.24, 2.45) is 5.92 Å². The van der Waals surface area contributed by atoms with E-state index in [1.807, 2.05) is 26.0 Å². The van der Waals surface area contributed by atoms with E-state index in [4.69, 9.17) is 4.74 Å². The van der Waals surface area contributed by atoms with Crippen LogP contribution < -0.4 is 0 Å². The molecule has 1 heteroatoms. The molecule has 0 aromatic rings. The number of hydrogen-bond donors (Lipinski definition) is 0. The summed E-state index contributed by atoms with van der Waals surface area (Å²) >= 11 is 0. The topological polar surface area (TPSA) is 9.23 Å². The maximum Gasteiger partial charge on any atom is 0.125 e. The van der Waals surface area contributed by atoms with Gasteiger partial charge in [-0.15, -0.1) is 6.58 Å². The monoisotopic (exact) mass is 152 g/mol. The van der Waals surface area contributed by atoms with Crippen molar-refractivity contribution in [3.8, 4) is 0 Å². The molecule has 0 aliphatic carbocycles.